The minimum Gasteiger partial charge on any atom is -0.468 e. The number of benzene rings is 7. The Kier molecular flexibility index (Phi) is 8.24. The van der Waals surface area contributed by atoms with Crippen molar-refractivity contribution in [2.45, 2.75) is 52.4 Å². The molecule has 4 aromatic heterocycles. The number of hydrogen-bond donors (Lipinski definition) is 0. The average molecular weight is 877 g/mol. The molecule has 11 aromatic rings. The fourth-order valence-corrected chi connectivity index (χ4v) is 12.3. The fraction of sp³-hybridized carbons (Fsp3) is 0.138. The highest BCUT2D eigenvalue weighted by Gasteiger charge is 2.49. The van der Waals surface area contributed by atoms with E-state index in [1.807, 2.05) is 0 Å². The van der Waals surface area contributed by atoms with Crippen LogP contribution in [-0.2, 0) is 10.8 Å². The van der Waals surface area contributed by atoms with Crippen molar-refractivity contribution in [2.24, 2.45) is 0 Å². The van der Waals surface area contributed by atoms with Crippen molar-refractivity contribution in [3.8, 4) is 22.3 Å². The van der Waals surface area contributed by atoms with Crippen molar-refractivity contribution >= 4 is 122 Å². The summed E-state index contributed by atoms with van der Waals surface area (Å²) in [6.07, 6.45) is 0. The lowest BCUT2D eigenvalue weighted by Crippen LogP contribution is -2.60. The summed E-state index contributed by atoms with van der Waals surface area (Å²) >= 11 is 3.60. The van der Waals surface area contributed by atoms with Gasteiger partial charge in [0.1, 0.15) is 22.5 Å². The van der Waals surface area contributed by atoms with Gasteiger partial charge in [-0.25, -0.2) is 0 Å². The van der Waals surface area contributed by atoms with Gasteiger partial charge in [0.25, 0.3) is 0 Å². The summed E-state index contributed by atoms with van der Waals surface area (Å²) in [6, 6.07) is 55.9. The molecule has 0 saturated heterocycles. The molecule has 13 rings (SSSR count). The molecule has 0 amide bonds. The number of fused-ring (bicyclic) bond motifs is 10. The standard InChI is InChI=1S/C58H45BN2O2S2/c1-57(2,3)36-22-28-48-42(30-36)53-55(62-48)59-52-46(60(53)38-24-18-34(19-25-38)44-32-64-50-16-9-7-12-40(44)50)14-11-15-47(52)61(54-43-31-37(58(4,5)6)23-29-49(43)63-56(54)59)39-26-20-35(21-27-39)45-33-65-51-17-10-8-13-41(45)51/h7-33H,1-6H3. The number of anilines is 6. The Morgan fingerprint density at radius 3 is 1.31 bits per heavy atom. The molecule has 0 atom stereocenters. The van der Waals surface area contributed by atoms with Crippen LogP contribution in [0.4, 0.5) is 34.1 Å². The van der Waals surface area contributed by atoms with Crippen LogP contribution in [0.15, 0.2) is 171 Å². The molecule has 0 aliphatic carbocycles. The second-order valence-corrected chi connectivity index (χ2v) is 21.6. The molecular weight excluding hydrogens is 832 g/mol. The molecule has 7 heteroatoms. The lowest BCUT2D eigenvalue weighted by molar-refractivity contribution is 0.590. The Labute approximate surface area is 387 Å². The van der Waals surface area contributed by atoms with Crippen LogP contribution in [0, 0.1) is 0 Å². The van der Waals surface area contributed by atoms with E-state index in [0.29, 0.717) is 0 Å². The molecule has 4 nitrogen and oxygen atoms in total. The van der Waals surface area contributed by atoms with Gasteiger partial charge < -0.3 is 18.6 Å². The van der Waals surface area contributed by atoms with Gasteiger partial charge in [-0.1, -0.05) is 120 Å². The number of hydrogen-bond acceptors (Lipinski definition) is 6. The van der Waals surface area contributed by atoms with Crippen LogP contribution in [0.2, 0.25) is 0 Å². The highest BCUT2D eigenvalue weighted by Crippen LogP contribution is 2.50. The Hall–Kier alpha value is -6.80. The Bertz CT molecular complexity index is 3470. The smallest absolute Gasteiger partial charge is 0.342 e. The van der Waals surface area contributed by atoms with E-state index in [0.717, 1.165) is 67.4 Å². The number of nitrogens with zero attached hydrogens (tertiary/aromatic N) is 2. The number of furan rings is 2. The van der Waals surface area contributed by atoms with Crippen LogP contribution in [-0.4, -0.2) is 6.71 Å². The molecule has 0 saturated carbocycles. The second kappa shape index (κ2) is 13.9. The predicted octanol–water partition coefficient (Wildman–Crippen LogP) is 15.6. The molecular formula is C58H45BN2O2S2. The summed E-state index contributed by atoms with van der Waals surface area (Å²) < 4.78 is 17.1. The van der Waals surface area contributed by atoms with Crippen LogP contribution >= 0.6 is 22.7 Å². The first-order valence-electron chi connectivity index (χ1n) is 22.5. The monoisotopic (exact) mass is 876 g/mol. The molecule has 0 fully saturated rings. The highest BCUT2D eigenvalue weighted by molar-refractivity contribution is 7.18. The highest BCUT2D eigenvalue weighted by atomic mass is 32.1. The molecule has 65 heavy (non-hydrogen) atoms. The van der Waals surface area contributed by atoms with Gasteiger partial charge in [0.15, 0.2) is 0 Å². The molecule has 6 heterocycles. The van der Waals surface area contributed by atoms with Crippen LogP contribution in [0.1, 0.15) is 52.7 Å². The first kappa shape index (κ1) is 38.6. The third kappa shape index (κ3) is 5.81. The van der Waals surface area contributed by atoms with E-state index in [2.05, 4.69) is 214 Å². The van der Waals surface area contributed by atoms with E-state index >= 15 is 0 Å². The van der Waals surface area contributed by atoms with Crippen LogP contribution in [0.25, 0.3) is 64.4 Å². The molecule has 0 radical (unpaired) electrons. The van der Waals surface area contributed by atoms with Crippen LogP contribution in [0.5, 0.6) is 0 Å². The first-order valence-corrected chi connectivity index (χ1v) is 24.3. The third-order valence-corrected chi connectivity index (χ3v) is 15.7. The zero-order valence-corrected chi connectivity index (χ0v) is 38.8. The molecule has 314 valence electrons. The summed E-state index contributed by atoms with van der Waals surface area (Å²) in [5.74, 6) is 0. The number of thiophene rings is 2. The van der Waals surface area contributed by atoms with E-state index in [9.17, 15) is 0 Å². The van der Waals surface area contributed by atoms with Crippen molar-refractivity contribution in [3.05, 3.63) is 174 Å². The maximum atomic E-state index is 7.24. The van der Waals surface area contributed by atoms with Crippen LogP contribution in [0.3, 0.4) is 0 Å². The SMILES string of the molecule is CC(C)(C)c1ccc2oc3c(c2c1)N(c1ccc(-c2csc4ccccc24)cc1)c1cccc2c1B3c1oc3ccc(C(C)(C)C)cc3c1N2c1ccc(-c2csc3ccccc23)cc1. The van der Waals surface area contributed by atoms with Gasteiger partial charge >= 0.3 is 6.71 Å². The van der Waals surface area contributed by atoms with Gasteiger partial charge in [-0.05, 0) is 122 Å². The normalized spacial score (nSPS) is 13.6. The zero-order valence-electron chi connectivity index (χ0n) is 37.2. The van der Waals surface area contributed by atoms with Crippen molar-refractivity contribution in [2.75, 3.05) is 9.80 Å². The fourth-order valence-electron chi connectivity index (χ4n) is 10.4. The average Bonchev–Trinajstić information content (AvgIpc) is 4.11. The summed E-state index contributed by atoms with van der Waals surface area (Å²) in [5, 5.41) is 9.34. The zero-order chi connectivity index (χ0) is 43.9. The van der Waals surface area contributed by atoms with Gasteiger partial charge in [-0.2, -0.15) is 0 Å². The minimum absolute atomic E-state index is 0.0536. The summed E-state index contributed by atoms with van der Waals surface area (Å²) in [7, 11) is 0. The minimum atomic E-state index is -0.289. The lowest BCUT2D eigenvalue weighted by Gasteiger charge is -2.40. The molecule has 0 unspecified atom stereocenters. The molecule has 0 spiro atoms. The van der Waals surface area contributed by atoms with Gasteiger partial charge in [-0.15, -0.1) is 22.7 Å². The molecule has 2 aliphatic heterocycles. The summed E-state index contributed by atoms with van der Waals surface area (Å²) in [6.45, 7) is 13.4. The summed E-state index contributed by atoms with van der Waals surface area (Å²) in [5.41, 5.74) is 18.6. The van der Waals surface area contributed by atoms with Crippen molar-refractivity contribution in [1.82, 2.24) is 0 Å². The predicted molar refractivity (Wildman–Crippen MR) is 279 cm³/mol. The molecule has 0 N–H and O–H groups in total. The Morgan fingerprint density at radius 1 is 0.446 bits per heavy atom. The Balaban J connectivity index is 1.06. The van der Waals surface area contributed by atoms with E-state index in [-0.39, 0.29) is 17.5 Å². The van der Waals surface area contributed by atoms with Gasteiger partial charge in [-0.3, -0.25) is 0 Å². The second-order valence-electron chi connectivity index (χ2n) is 19.8. The van der Waals surface area contributed by atoms with Crippen LogP contribution < -0.4 is 26.6 Å². The van der Waals surface area contributed by atoms with E-state index in [1.165, 1.54) is 59.0 Å². The Morgan fingerprint density at radius 2 is 0.877 bits per heavy atom. The largest absolute Gasteiger partial charge is 0.468 e. The van der Waals surface area contributed by atoms with E-state index < -0.39 is 0 Å². The lowest BCUT2D eigenvalue weighted by atomic mass is 9.37. The topological polar surface area (TPSA) is 32.8 Å². The van der Waals surface area contributed by atoms with E-state index in [4.69, 9.17) is 8.83 Å². The maximum Gasteiger partial charge on any atom is 0.342 e. The molecule has 7 aromatic carbocycles. The van der Waals surface area contributed by atoms with Gasteiger partial charge in [0, 0.05) is 64.8 Å². The van der Waals surface area contributed by atoms with Gasteiger partial charge in [0.2, 0.25) is 0 Å². The first-order chi connectivity index (χ1) is 31.5. The van der Waals surface area contributed by atoms with Crippen molar-refractivity contribution < 1.29 is 8.83 Å². The van der Waals surface area contributed by atoms with E-state index in [1.54, 1.807) is 22.7 Å². The molecule has 2 aliphatic rings. The summed E-state index contributed by atoms with van der Waals surface area (Å²) in [4.78, 5) is 4.90. The van der Waals surface area contributed by atoms with Gasteiger partial charge in [0.05, 0.1) is 11.4 Å². The van der Waals surface area contributed by atoms with Crippen molar-refractivity contribution in [3.63, 3.8) is 0 Å². The number of rotatable bonds is 4. The molecule has 0 bridgehead atoms. The van der Waals surface area contributed by atoms with Crippen molar-refractivity contribution in [1.29, 1.82) is 0 Å². The third-order valence-electron chi connectivity index (χ3n) is 13.7. The maximum absolute atomic E-state index is 7.24. The quantitative estimate of drug-likeness (QED) is 0.165.